The number of amides is 2. The van der Waals surface area contributed by atoms with Crippen LogP contribution >= 0.6 is 11.3 Å². The van der Waals surface area contributed by atoms with Crippen LogP contribution in [0.2, 0.25) is 0 Å². The lowest BCUT2D eigenvalue weighted by molar-refractivity contribution is -0.136. The molecule has 1 unspecified atom stereocenters. The highest BCUT2D eigenvalue weighted by Gasteiger charge is 2.31. The molecule has 1 atom stereocenters. The van der Waals surface area contributed by atoms with Gasteiger partial charge in [0, 0.05) is 33.8 Å². The molecule has 0 spiro atoms. The second-order valence-electron chi connectivity index (χ2n) is 5.66. The maximum absolute atomic E-state index is 12.7. The first kappa shape index (κ1) is 17.7. The number of hydrogen-bond donors (Lipinski definition) is 0. The number of rotatable bonds is 6. The molecule has 0 N–H and O–H groups in total. The van der Waals surface area contributed by atoms with E-state index in [1.807, 2.05) is 5.38 Å². The number of ether oxygens (including phenoxy) is 2. The fourth-order valence-electron chi connectivity index (χ4n) is 2.77. The van der Waals surface area contributed by atoms with E-state index in [4.69, 9.17) is 9.47 Å². The molecule has 1 aliphatic heterocycles. The fourth-order valence-corrected chi connectivity index (χ4v) is 3.60. The van der Waals surface area contributed by atoms with E-state index in [0.29, 0.717) is 36.9 Å². The Bertz CT molecular complexity index is 546. The van der Waals surface area contributed by atoms with Crippen molar-refractivity contribution in [2.24, 2.45) is 5.92 Å². The highest BCUT2D eigenvalue weighted by molar-refractivity contribution is 7.12. The van der Waals surface area contributed by atoms with E-state index < -0.39 is 0 Å². The number of nitrogens with zero attached hydrogens (tertiary/aromatic N) is 2. The van der Waals surface area contributed by atoms with E-state index in [1.54, 1.807) is 37.1 Å². The molecule has 1 fully saturated rings. The van der Waals surface area contributed by atoms with Crippen molar-refractivity contribution in [3.8, 4) is 5.75 Å². The minimum absolute atomic E-state index is 0.0473. The lowest BCUT2D eigenvalue weighted by Crippen LogP contribution is -2.46. The Balaban J connectivity index is 2.00. The van der Waals surface area contributed by atoms with E-state index in [0.717, 1.165) is 12.8 Å². The SMILES string of the molecule is COCCN(C)C(=O)C1CCCN(C(=O)c2sccc2OC)C1. The summed E-state index contributed by atoms with van der Waals surface area (Å²) in [5.41, 5.74) is 0. The van der Waals surface area contributed by atoms with Gasteiger partial charge >= 0.3 is 0 Å². The van der Waals surface area contributed by atoms with Crippen LogP contribution in [0.25, 0.3) is 0 Å². The largest absolute Gasteiger partial charge is 0.495 e. The Morgan fingerprint density at radius 1 is 1.43 bits per heavy atom. The maximum atomic E-state index is 12.7. The number of likely N-dealkylation sites (tertiary alicyclic amines) is 1. The molecule has 2 amide bonds. The first-order chi connectivity index (χ1) is 11.1. The van der Waals surface area contributed by atoms with Crippen LogP contribution in [-0.4, -0.2) is 69.1 Å². The minimum Gasteiger partial charge on any atom is -0.495 e. The molecule has 0 bridgehead atoms. The smallest absolute Gasteiger partial charge is 0.267 e. The summed E-state index contributed by atoms with van der Waals surface area (Å²) in [4.78, 5) is 29.2. The summed E-state index contributed by atoms with van der Waals surface area (Å²) >= 11 is 1.37. The third-order valence-corrected chi connectivity index (χ3v) is 4.99. The highest BCUT2D eigenvalue weighted by Crippen LogP contribution is 2.28. The Hall–Kier alpha value is -1.60. The highest BCUT2D eigenvalue weighted by atomic mass is 32.1. The summed E-state index contributed by atoms with van der Waals surface area (Å²) in [6.07, 6.45) is 1.66. The molecule has 0 aromatic carbocycles. The second-order valence-corrected chi connectivity index (χ2v) is 6.58. The summed E-state index contributed by atoms with van der Waals surface area (Å²) in [7, 11) is 4.96. The zero-order valence-electron chi connectivity index (χ0n) is 13.9. The molecule has 2 heterocycles. The molecule has 128 valence electrons. The van der Waals surface area contributed by atoms with Crippen molar-refractivity contribution in [1.29, 1.82) is 0 Å². The van der Waals surface area contributed by atoms with E-state index >= 15 is 0 Å². The lowest BCUT2D eigenvalue weighted by atomic mass is 9.96. The van der Waals surface area contributed by atoms with Crippen molar-refractivity contribution in [1.82, 2.24) is 9.80 Å². The van der Waals surface area contributed by atoms with Crippen molar-refractivity contribution >= 4 is 23.2 Å². The van der Waals surface area contributed by atoms with Crippen molar-refractivity contribution in [2.75, 3.05) is 47.5 Å². The maximum Gasteiger partial charge on any atom is 0.267 e. The monoisotopic (exact) mass is 340 g/mol. The number of likely N-dealkylation sites (N-methyl/N-ethyl adjacent to an activating group) is 1. The third kappa shape index (κ3) is 4.23. The van der Waals surface area contributed by atoms with Gasteiger partial charge in [-0.3, -0.25) is 9.59 Å². The second kappa shape index (κ2) is 8.31. The molecule has 6 nitrogen and oxygen atoms in total. The van der Waals surface area contributed by atoms with Gasteiger partial charge in [-0.15, -0.1) is 11.3 Å². The van der Waals surface area contributed by atoms with Crippen LogP contribution in [-0.2, 0) is 9.53 Å². The van der Waals surface area contributed by atoms with Crippen molar-refractivity contribution in [2.45, 2.75) is 12.8 Å². The van der Waals surface area contributed by atoms with Crippen LogP contribution in [0.1, 0.15) is 22.5 Å². The molecular weight excluding hydrogens is 316 g/mol. The fraction of sp³-hybridized carbons (Fsp3) is 0.625. The number of piperidine rings is 1. The quantitative estimate of drug-likeness (QED) is 0.791. The zero-order chi connectivity index (χ0) is 16.8. The normalized spacial score (nSPS) is 17.9. The molecule has 0 radical (unpaired) electrons. The molecule has 1 aromatic heterocycles. The van der Waals surface area contributed by atoms with Gasteiger partial charge in [-0.2, -0.15) is 0 Å². The first-order valence-electron chi connectivity index (χ1n) is 7.73. The Labute approximate surface area is 141 Å². The topological polar surface area (TPSA) is 59.1 Å². The van der Waals surface area contributed by atoms with Gasteiger partial charge < -0.3 is 19.3 Å². The standard InChI is InChI=1S/C16H24N2O4S/c1-17(8-9-21-2)15(19)12-5-4-7-18(11-12)16(20)14-13(22-3)6-10-23-14/h6,10,12H,4-5,7-9,11H2,1-3H3. The summed E-state index contributed by atoms with van der Waals surface area (Å²) < 4.78 is 10.2. The van der Waals surface area contributed by atoms with Crippen molar-refractivity contribution in [3.63, 3.8) is 0 Å². The van der Waals surface area contributed by atoms with E-state index in [-0.39, 0.29) is 17.7 Å². The molecule has 2 rings (SSSR count). The first-order valence-corrected chi connectivity index (χ1v) is 8.61. The van der Waals surface area contributed by atoms with Crippen molar-refractivity contribution < 1.29 is 19.1 Å². The summed E-state index contributed by atoms with van der Waals surface area (Å²) in [6.45, 7) is 2.24. The molecule has 1 aromatic rings. The van der Waals surface area contributed by atoms with Crippen LogP contribution in [0, 0.1) is 5.92 Å². The molecule has 1 aliphatic rings. The number of hydrogen-bond acceptors (Lipinski definition) is 5. The number of thiophene rings is 1. The van der Waals surface area contributed by atoms with Crippen LogP contribution in [0.4, 0.5) is 0 Å². The van der Waals surface area contributed by atoms with E-state index in [1.165, 1.54) is 11.3 Å². The van der Waals surface area contributed by atoms with Gasteiger partial charge in [0.15, 0.2) is 0 Å². The number of methoxy groups -OCH3 is 2. The van der Waals surface area contributed by atoms with Gasteiger partial charge in [0.05, 0.1) is 19.6 Å². The average molecular weight is 340 g/mol. The lowest BCUT2D eigenvalue weighted by Gasteiger charge is -2.33. The van der Waals surface area contributed by atoms with Gasteiger partial charge in [-0.05, 0) is 24.3 Å². The number of carbonyl (C=O) groups excluding carboxylic acids is 2. The van der Waals surface area contributed by atoms with Crippen molar-refractivity contribution in [3.05, 3.63) is 16.3 Å². The third-order valence-electron chi connectivity index (χ3n) is 4.11. The minimum atomic E-state index is -0.138. The Morgan fingerprint density at radius 2 is 2.22 bits per heavy atom. The number of carbonyl (C=O) groups is 2. The van der Waals surface area contributed by atoms with Gasteiger partial charge in [0.1, 0.15) is 10.6 Å². The summed E-state index contributed by atoms with van der Waals surface area (Å²) in [6, 6.07) is 1.79. The zero-order valence-corrected chi connectivity index (χ0v) is 14.7. The van der Waals surface area contributed by atoms with Gasteiger partial charge in [0.25, 0.3) is 5.91 Å². The molecule has 1 saturated heterocycles. The van der Waals surface area contributed by atoms with Gasteiger partial charge in [0.2, 0.25) is 5.91 Å². The predicted molar refractivity (Wildman–Crippen MR) is 89.0 cm³/mol. The van der Waals surface area contributed by atoms with Crippen LogP contribution in [0.15, 0.2) is 11.4 Å². The van der Waals surface area contributed by atoms with Gasteiger partial charge in [-0.25, -0.2) is 0 Å². The molecule has 7 heteroatoms. The average Bonchev–Trinajstić information content (AvgIpc) is 3.07. The Kier molecular flexibility index (Phi) is 6.41. The predicted octanol–water partition coefficient (Wildman–Crippen LogP) is 1.71. The Morgan fingerprint density at radius 3 is 2.91 bits per heavy atom. The van der Waals surface area contributed by atoms with E-state index in [9.17, 15) is 9.59 Å². The van der Waals surface area contributed by atoms with E-state index in [2.05, 4.69) is 0 Å². The molecule has 0 saturated carbocycles. The summed E-state index contributed by atoms with van der Waals surface area (Å²) in [5, 5.41) is 1.84. The molecular formula is C16H24N2O4S. The van der Waals surface area contributed by atoms with Crippen LogP contribution < -0.4 is 4.74 Å². The summed E-state index contributed by atoms with van der Waals surface area (Å²) in [5.74, 6) is 0.498. The molecule has 0 aliphatic carbocycles. The van der Waals surface area contributed by atoms with Gasteiger partial charge in [-0.1, -0.05) is 0 Å². The van der Waals surface area contributed by atoms with Crippen LogP contribution in [0.5, 0.6) is 5.75 Å². The molecule has 23 heavy (non-hydrogen) atoms. The van der Waals surface area contributed by atoms with Crippen LogP contribution in [0.3, 0.4) is 0 Å².